The van der Waals surface area contributed by atoms with Crippen molar-refractivity contribution >= 4 is 29.3 Å². The molecule has 1 aliphatic carbocycles. The fourth-order valence-electron chi connectivity index (χ4n) is 11.3. The van der Waals surface area contributed by atoms with Gasteiger partial charge < -0.3 is 19.9 Å². The zero-order valence-corrected chi connectivity index (χ0v) is 34.5. The predicted molar refractivity (Wildman–Crippen MR) is 230 cm³/mol. The highest BCUT2D eigenvalue weighted by atomic mass is 16.5. The van der Waals surface area contributed by atoms with E-state index in [1.807, 2.05) is 4.90 Å². The predicted octanol–water partition coefficient (Wildman–Crippen LogP) is 7.17. The van der Waals surface area contributed by atoms with E-state index in [-0.39, 0.29) is 29.0 Å². The van der Waals surface area contributed by atoms with Crippen LogP contribution in [0.25, 0.3) is 0 Å². The largest absolute Gasteiger partial charge is 0.496 e. The second kappa shape index (κ2) is 15.4. The molecule has 3 atom stereocenters. The average molecular weight is 804 g/mol. The van der Waals surface area contributed by atoms with E-state index in [1.165, 1.54) is 35.1 Å². The fourth-order valence-corrected chi connectivity index (χ4v) is 11.3. The number of methoxy groups -OCH3 is 1. The van der Waals surface area contributed by atoms with E-state index in [1.54, 1.807) is 6.07 Å². The molecule has 3 fully saturated rings. The minimum atomic E-state index is -0.884. The number of carbonyl (C=O) groups is 4. The molecule has 1 N–H and O–H groups in total. The molecule has 0 saturated carbocycles. The molecule has 308 valence electrons. The molecule has 3 unspecified atom stereocenters. The molecule has 10 nitrogen and oxygen atoms in total. The summed E-state index contributed by atoms with van der Waals surface area (Å²) >= 11 is 0. The number of anilines is 1. The Labute approximate surface area is 352 Å². The minimum absolute atomic E-state index is 0.111. The van der Waals surface area contributed by atoms with E-state index in [0.29, 0.717) is 49.2 Å². The van der Waals surface area contributed by atoms with Crippen LogP contribution in [-0.4, -0.2) is 84.2 Å². The molecule has 10 heteroatoms. The van der Waals surface area contributed by atoms with Crippen LogP contribution in [0.15, 0.2) is 97.2 Å². The van der Waals surface area contributed by atoms with Crippen molar-refractivity contribution in [3.63, 3.8) is 0 Å². The molecule has 60 heavy (non-hydrogen) atoms. The smallest absolute Gasteiger partial charge is 0.266 e. The summed E-state index contributed by atoms with van der Waals surface area (Å²) in [4.78, 5) is 61.5. The van der Waals surface area contributed by atoms with Crippen molar-refractivity contribution in [2.45, 2.75) is 82.3 Å². The molecule has 4 amide bonds. The van der Waals surface area contributed by atoms with Gasteiger partial charge in [-0.25, -0.2) is 0 Å². The first kappa shape index (κ1) is 38.5. The molecule has 4 aromatic carbocycles. The number of hydrogen-bond acceptors (Lipinski definition) is 7. The van der Waals surface area contributed by atoms with Gasteiger partial charge in [-0.15, -0.1) is 0 Å². The second-order valence-corrected chi connectivity index (χ2v) is 17.9. The van der Waals surface area contributed by atoms with Crippen molar-refractivity contribution in [2.75, 3.05) is 44.7 Å². The van der Waals surface area contributed by atoms with Crippen LogP contribution in [0, 0.1) is 5.41 Å². The van der Waals surface area contributed by atoms with Crippen molar-refractivity contribution in [3.05, 3.63) is 142 Å². The van der Waals surface area contributed by atoms with E-state index in [4.69, 9.17) is 4.74 Å². The molecule has 0 radical (unpaired) electrons. The van der Waals surface area contributed by atoms with E-state index in [0.717, 1.165) is 80.7 Å². The van der Waals surface area contributed by atoms with Crippen LogP contribution >= 0.6 is 0 Å². The van der Waals surface area contributed by atoms with Crippen LogP contribution in [0.5, 0.6) is 5.75 Å². The number of fused-ring (bicyclic) bond motifs is 3. The highest BCUT2D eigenvalue weighted by Gasteiger charge is 2.47. The second-order valence-electron chi connectivity index (χ2n) is 17.9. The number of nitrogens with one attached hydrogen (secondary N) is 1. The first-order valence-corrected chi connectivity index (χ1v) is 21.8. The number of likely N-dealkylation sites (tertiary alicyclic amines) is 1. The molecule has 4 aromatic rings. The zero-order valence-electron chi connectivity index (χ0n) is 34.5. The van der Waals surface area contributed by atoms with Gasteiger partial charge in [-0.2, -0.15) is 0 Å². The molecule has 5 aliphatic heterocycles. The SMILES string of the molecule is C=C1CCC(N2C(=O)c3cc4c(c(OC)c3C2=O)CN(CC(=O)N2CCC3(CC2)CCN(c2ccc(C5c6ccccc6CCC5c5ccccc5)cc2)CC3)C4)C(=O)N1. The first-order chi connectivity index (χ1) is 29.2. The Morgan fingerprint density at radius 1 is 0.800 bits per heavy atom. The Morgan fingerprint density at radius 3 is 2.25 bits per heavy atom. The van der Waals surface area contributed by atoms with Gasteiger partial charge in [-0.05, 0) is 109 Å². The van der Waals surface area contributed by atoms with Crippen molar-refractivity contribution in [2.24, 2.45) is 5.41 Å². The van der Waals surface area contributed by atoms with Gasteiger partial charge >= 0.3 is 0 Å². The van der Waals surface area contributed by atoms with E-state index < -0.39 is 23.8 Å². The molecular formula is C50H53N5O5. The lowest BCUT2D eigenvalue weighted by atomic mass is 9.69. The van der Waals surface area contributed by atoms with Gasteiger partial charge in [0, 0.05) is 62.1 Å². The molecule has 6 aliphatic rings. The monoisotopic (exact) mass is 803 g/mol. The third-order valence-electron chi connectivity index (χ3n) is 14.7. The van der Waals surface area contributed by atoms with Gasteiger partial charge in [-0.1, -0.05) is 73.3 Å². The quantitative estimate of drug-likeness (QED) is 0.198. The number of piperidine rings is 3. The standard InChI is InChI=1S/C50H53N5O5/c1-32-12-19-42(47(57)51-32)55-48(58)40-28-36-29-52(30-41(36)46(60-2)45(40)49(55)59)31-43(56)54-26-22-50(23-27-54)20-24-53(25-21-50)37-16-13-35(14-17-37)44-38-11-7-6-10-34(38)15-18-39(44)33-8-4-3-5-9-33/h3-11,13-14,16-17,28,39,42,44H,1,12,15,18-27,29-31H2,2H3,(H,51,57). The minimum Gasteiger partial charge on any atom is -0.496 e. The Hall–Kier alpha value is -5.74. The van der Waals surface area contributed by atoms with Crippen molar-refractivity contribution in [1.82, 2.24) is 20.0 Å². The molecule has 1 spiro atoms. The number of aryl methyl sites for hydroxylation is 1. The summed E-state index contributed by atoms with van der Waals surface area (Å²) < 4.78 is 5.79. The zero-order chi connectivity index (χ0) is 41.1. The van der Waals surface area contributed by atoms with Gasteiger partial charge in [0.15, 0.2) is 0 Å². The van der Waals surface area contributed by atoms with Crippen LogP contribution < -0.4 is 15.0 Å². The topological polar surface area (TPSA) is 102 Å². The highest BCUT2D eigenvalue weighted by Crippen LogP contribution is 2.48. The summed E-state index contributed by atoms with van der Waals surface area (Å²) in [6.45, 7) is 8.57. The first-order valence-electron chi connectivity index (χ1n) is 21.8. The summed E-state index contributed by atoms with van der Waals surface area (Å²) in [5.41, 5.74) is 10.1. The van der Waals surface area contributed by atoms with Crippen LogP contribution in [0.1, 0.15) is 111 Å². The van der Waals surface area contributed by atoms with Gasteiger partial charge in [0.05, 0.1) is 24.8 Å². The number of rotatable bonds is 7. The number of benzene rings is 4. The molecule has 0 aromatic heterocycles. The van der Waals surface area contributed by atoms with Crippen LogP contribution in [0.2, 0.25) is 0 Å². The van der Waals surface area contributed by atoms with Gasteiger partial charge in [0.1, 0.15) is 11.8 Å². The highest BCUT2D eigenvalue weighted by molar-refractivity contribution is 6.24. The van der Waals surface area contributed by atoms with E-state index in [2.05, 4.69) is 101 Å². The Kier molecular flexibility index (Phi) is 9.86. The maximum absolute atomic E-state index is 13.7. The summed E-state index contributed by atoms with van der Waals surface area (Å²) in [6, 6.07) is 30.3. The number of hydrogen-bond donors (Lipinski definition) is 1. The van der Waals surface area contributed by atoms with E-state index >= 15 is 0 Å². The number of imide groups is 1. The van der Waals surface area contributed by atoms with Crippen LogP contribution in [-0.2, 0) is 29.1 Å². The number of allylic oxidation sites excluding steroid dienone is 1. The Balaban J connectivity index is 0.744. The molecular weight excluding hydrogens is 751 g/mol. The normalized spacial score (nSPS) is 23.7. The van der Waals surface area contributed by atoms with Crippen molar-refractivity contribution < 1.29 is 23.9 Å². The molecule has 5 heterocycles. The molecule has 3 saturated heterocycles. The average Bonchev–Trinajstić information content (AvgIpc) is 3.79. The lowest BCUT2D eigenvalue weighted by Crippen LogP contribution is -2.51. The lowest BCUT2D eigenvalue weighted by Gasteiger charge is -2.47. The maximum atomic E-state index is 13.7. The van der Waals surface area contributed by atoms with Crippen LogP contribution in [0.3, 0.4) is 0 Å². The summed E-state index contributed by atoms with van der Waals surface area (Å²) in [7, 11) is 1.50. The van der Waals surface area contributed by atoms with Gasteiger partial charge in [-0.3, -0.25) is 29.0 Å². The van der Waals surface area contributed by atoms with Crippen molar-refractivity contribution in [3.8, 4) is 5.75 Å². The third kappa shape index (κ3) is 6.69. The van der Waals surface area contributed by atoms with Crippen molar-refractivity contribution in [1.29, 1.82) is 0 Å². The van der Waals surface area contributed by atoms with Gasteiger partial charge in [0.25, 0.3) is 11.8 Å². The van der Waals surface area contributed by atoms with Crippen LogP contribution in [0.4, 0.5) is 5.69 Å². The maximum Gasteiger partial charge on any atom is 0.266 e. The molecule has 10 rings (SSSR count). The fraction of sp³-hybridized carbons (Fsp3) is 0.400. The third-order valence-corrected chi connectivity index (χ3v) is 14.7. The Bertz CT molecular complexity index is 2380. The number of nitrogens with zero attached hydrogens (tertiary/aromatic N) is 4. The van der Waals surface area contributed by atoms with E-state index in [9.17, 15) is 19.2 Å². The number of carbonyl (C=O) groups excluding carboxylic acids is 4. The lowest BCUT2D eigenvalue weighted by molar-refractivity contribution is -0.135. The number of amides is 4. The summed E-state index contributed by atoms with van der Waals surface area (Å²) in [5.74, 6) is -0.110. The van der Waals surface area contributed by atoms with Gasteiger partial charge in [0.2, 0.25) is 11.8 Å². The number of ether oxygens (including phenoxy) is 1. The summed E-state index contributed by atoms with van der Waals surface area (Å²) in [5, 5.41) is 2.69. The molecule has 0 bridgehead atoms. The summed E-state index contributed by atoms with van der Waals surface area (Å²) in [6.07, 6.45) is 7.40. The Morgan fingerprint density at radius 2 is 1.52 bits per heavy atom.